The van der Waals surface area contributed by atoms with Crippen LogP contribution in [0, 0.1) is 0 Å². The minimum absolute atomic E-state index is 0.123. The zero-order valence-electron chi connectivity index (χ0n) is 16.4. The predicted molar refractivity (Wildman–Crippen MR) is 110 cm³/mol. The monoisotopic (exact) mass is 416 g/mol. The summed E-state index contributed by atoms with van der Waals surface area (Å²) in [6, 6.07) is 6.83. The van der Waals surface area contributed by atoms with E-state index in [1.807, 2.05) is 13.8 Å². The summed E-state index contributed by atoms with van der Waals surface area (Å²) in [6.45, 7) is 3.92. The summed E-state index contributed by atoms with van der Waals surface area (Å²) in [7, 11) is 0. The Morgan fingerprint density at radius 3 is 2.55 bits per heavy atom. The first-order valence-electron chi connectivity index (χ1n) is 9.47. The number of nitrogens with two attached hydrogens (primary N) is 1. The van der Waals surface area contributed by atoms with E-state index < -0.39 is 24.4 Å². The maximum absolute atomic E-state index is 12.2. The van der Waals surface area contributed by atoms with E-state index in [2.05, 4.69) is 5.32 Å². The van der Waals surface area contributed by atoms with Gasteiger partial charge in [0.25, 0.3) is 11.8 Å². The molecule has 29 heavy (non-hydrogen) atoms. The summed E-state index contributed by atoms with van der Waals surface area (Å²) in [6.07, 6.45) is 2.77. The van der Waals surface area contributed by atoms with Crippen LogP contribution in [0.2, 0.25) is 0 Å². The summed E-state index contributed by atoms with van der Waals surface area (Å²) in [5.74, 6) is -1.67. The van der Waals surface area contributed by atoms with Crippen LogP contribution >= 0.6 is 11.3 Å². The van der Waals surface area contributed by atoms with Crippen LogP contribution in [0.15, 0.2) is 24.3 Å². The van der Waals surface area contributed by atoms with E-state index in [0.29, 0.717) is 22.7 Å². The van der Waals surface area contributed by atoms with Crippen molar-refractivity contribution in [2.45, 2.75) is 45.8 Å². The van der Waals surface area contributed by atoms with Crippen LogP contribution in [0.25, 0.3) is 0 Å². The van der Waals surface area contributed by atoms with Gasteiger partial charge in [0.1, 0.15) is 5.00 Å². The molecule has 0 bridgehead atoms. The van der Waals surface area contributed by atoms with Gasteiger partial charge in [-0.05, 0) is 56.4 Å². The Morgan fingerprint density at radius 1 is 1.17 bits per heavy atom. The average molecular weight is 416 g/mol. The maximum atomic E-state index is 12.2. The molecule has 0 aliphatic heterocycles. The van der Waals surface area contributed by atoms with Crippen LogP contribution in [-0.4, -0.2) is 30.5 Å². The van der Waals surface area contributed by atoms with Crippen molar-refractivity contribution < 1.29 is 23.9 Å². The molecule has 1 heterocycles. The summed E-state index contributed by atoms with van der Waals surface area (Å²) < 4.78 is 10.6. The number of thiophene rings is 1. The third-order valence-corrected chi connectivity index (χ3v) is 5.74. The lowest BCUT2D eigenvalue weighted by Gasteiger charge is -2.09. The van der Waals surface area contributed by atoms with Gasteiger partial charge in [-0.1, -0.05) is 12.1 Å². The number of aryl methyl sites for hydroxylation is 1. The van der Waals surface area contributed by atoms with Crippen LogP contribution < -0.4 is 11.1 Å². The molecule has 7 nitrogen and oxygen atoms in total. The first-order chi connectivity index (χ1) is 13.8. The van der Waals surface area contributed by atoms with Crippen molar-refractivity contribution in [2.75, 3.05) is 11.9 Å². The molecule has 154 valence electrons. The second-order valence-electron chi connectivity index (χ2n) is 7.11. The molecule has 3 N–H and O–H groups in total. The molecule has 1 aromatic heterocycles. The van der Waals surface area contributed by atoms with Gasteiger partial charge in [-0.25, -0.2) is 4.79 Å². The molecular formula is C21H24N2O5S. The molecule has 1 aliphatic carbocycles. The standard InChI is InChI=1S/C21H24N2O5S/c1-12(2)27-10-13-6-8-14(9-7-13)21(26)28-11-17(24)23-20-18(19(22)25)15-4-3-5-16(15)29-20/h6-9,12H,3-5,10-11H2,1-2H3,(H2,22,25)(H,23,24). The highest BCUT2D eigenvalue weighted by Gasteiger charge is 2.26. The van der Waals surface area contributed by atoms with E-state index in [-0.39, 0.29) is 6.10 Å². The molecule has 0 saturated heterocycles. The van der Waals surface area contributed by atoms with Gasteiger partial charge >= 0.3 is 5.97 Å². The fourth-order valence-electron chi connectivity index (χ4n) is 3.13. The van der Waals surface area contributed by atoms with Crippen molar-refractivity contribution in [3.63, 3.8) is 0 Å². The third kappa shape index (κ3) is 5.21. The molecule has 1 aliphatic rings. The molecule has 2 aromatic rings. The summed E-state index contributed by atoms with van der Waals surface area (Å²) in [5, 5.41) is 3.08. The fourth-order valence-corrected chi connectivity index (χ4v) is 4.44. The molecule has 0 atom stereocenters. The highest BCUT2D eigenvalue weighted by atomic mass is 32.1. The number of fused-ring (bicyclic) bond motifs is 1. The van der Waals surface area contributed by atoms with Gasteiger partial charge in [0, 0.05) is 4.88 Å². The van der Waals surface area contributed by atoms with Crippen LogP contribution in [0.4, 0.5) is 5.00 Å². The number of carbonyl (C=O) groups is 3. The Hall–Kier alpha value is -2.71. The highest BCUT2D eigenvalue weighted by Crippen LogP contribution is 2.38. The van der Waals surface area contributed by atoms with Crippen molar-refractivity contribution in [3.05, 3.63) is 51.4 Å². The zero-order valence-corrected chi connectivity index (χ0v) is 17.3. The van der Waals surface area contributed by atoms with Gasteiger partial charge in [0.05, 0.1) is 23.8 Å². The van der Waals surface area contributed by atoms with Crippen LogP contribution in [-0.2, 0) is 33.7 Å². The molecule has 0 unspecified atom stereocenters. The molecule has 8 heteroatoms. The lowest BCUT2D eigenvalue weighted by molar-refractivity contribution is -0.119. The van der Waals surface area contributed by atoms with Crippen LogP contribution in [0.1, 0.15) is 57.0 Å². The first kappa shape index (κ1) is 21.0. The minimum Gasteiger partial charge on any atom is -0.452 e. The van der Waals surface area contributed by atoms with Gasteiger partial charge in [0.2, 0.25) is 0 Å². The number of hydrogen-bond donors (Lipinski definition) is 2. The van der Waals surface area contributed by atoms with E-state index in [1.165, 1.54) is 11.3 Å². The van der Waals surface area contributed by atoms with Crippen molar-refractivity contribution in [1.82, 2.24) is 0 Å². The van der Waals surface area contributed by atoms with Gasteiger partial charge in [-0.15, -0.1) is 11.3 Å². The summed E-state index contributed by atoms with van der Waals surface area (Å²) in [5.41, 5.74) is 8.07. The Balaban J connectivity index is 1.54. The minimum atomic E-state index is -0.597. The van der Waals surface area contributed by atoms with Crippen LogP contribution in [0.5, 0.6) is 0 Å². The average Bonchev–Trinajstić information content (AvgIpc) is 3.25. The molecule has 1 aromatic carbocycles. The number of esters is 1. The Morgan fingerprint density at radius 2 is 1.90 bits per heavy atom. The normalized spacial score (nSPS) is 12.7. The first-order valence-corrected chi connectivity index (χ1v) is 10.3. The Bertz CT molecular complexity index is 918. The number of nitrogens with one attached hydrogen (secondary N) is 1. The third-order valence-electron chi connectivity index (χ3n) is 4.53. The predicted octanol–water partition coefficient (Wildman–Crippen LogP) is 3.06. The number of amides is 2. The van der Waals surface area contributed by atoms with Crippen molar-refractivity contribution in [1.29, 1.82) is 0 Å². The zero-order chi connectivity index (χ0) is 21.0. The van der Waals surface area contributed by atoms with E-state index in [0.717, 1.165) is 35.3 Å². The summed E-state index contributed by atoms with van der Waals surface area (Å²) in [4.78, 5) is 37.2. The number of hydrogen-bond acceptors (Lipinski definition) is 6. The van der Waals surface area contributed by atoms with Gasteiger partial charge in [-0.2, -0.15) is 0 Å². The Kier molecular flexibility index (Phi) is 6.66. The smallest absolute Gasteiger partial charge is 0.338 e. The van der Waals surface area contributed by atoms with E-state index >= 15 is 0 Å². The van der Waals surface area contributed by atoms with Crippen molar-refractivity contribution in [3.8, 4) is 0 Å². The molecular weight excluding hydrogens is 392 g/mol. The number of carbonyl (C=O) groups excluding carboxylic acids is 3. The molecule has 0 radical (unpaired) electrons. The quantitative estimate of drug-likeness (QED) is 0.643. The molecule has 3 rings (SSSR count). The lowest BCUT2D eigenvalue weighted by atomic mass is 10.1. The maximum Gasteiger partial charge on any atom is 0.338 e. The topological polar surface area (TPSA) is 108 Å². The van der Waals surface area contributed by atoms with Crippen LogP contribution in [0.3, 0.4) is 0 Å². The number of rotatable bonds is 8. The van der Waals surface area contributed by atoms with Crippen molar-refractivity contribution >= 4 is 34.1 Å². The van der Waals surface area contributed by atoms with E-state index in [4.69, 9.17) is 15.2 Å². The lowest BCUT2D eigenvalue weighted by Crippen LogP contribution is -2.22. The number of primary amides is 1. The summed E-state index contributed by atoms with van der Waals surface area (Å²) >= 11 is 1.36. The fraction of sp³-hybridized carbons (Fsp3) is 0.381. The molecule has 0 spiro atoms. The second-order valence-corrected chi connectivity index (χ2v) is 8.21. The van der Waals surface area contributed by atoms with Gasteiger partial charge in [-0.3, -0.25) is 9.59 Å². The largest absolute Gasteiger partial charge is 0.452 e. The highest BCUT2D eigenvalue weighted by molar-refractivity contribution is 7.17. The molecule has 0 fully saturated rings. The van der Waals surface area contributed by atoms with E-state index in [9.17, 15) is 14.4 Å². The number of ether oxygens (including phenoxy) is 2. The van der Waals surface area contributed by atoms with E-state index in [1.54, 1.807) is 24.3 Å². The number of anilines is 1. The molecule has 0 saturated carbocycles. The van der Waals surface area contributed by atoms with Gasteiger partial charge in [0.15, 0.2) is 6.61 Å². The number of benzene rings is 1. The Labute approximate surface area is 173 Å². The van der Waals surface area contributed by atoms with Gasteiger partial charge < -0.3 is 20.5 Å². The SMILES string of the molecule is CC(C)OCc1ccc(C(=O)OCC(=O)Nc2sc3c(c2C(N)=O)CCC3)cc1. The van der Waals surface area contributed by atoms with Crippen molar-refractivity contribution in [2.24, 2.45) is 5.73 Å². The molecule has 2 amide bonds. The second kappa shape index (κ2) is 9.19.